The number of carbonyl (C=O) groups is 2. The first-order valence-electron chi connectivity index (χ1n) is 6.30. The lowest BCUT2D eigenvalue weighted by Gasteiger charge is -2.07. The SMILES string of the molecule is Cc1cccnc1C(=O)Nc1cccc(C=CC(=O)O)c1. The number of carboxylic acid groups (broad SMARTS) is 1. The Balaban J connectivity index is 2.17. The maximum Gasteiger partial charge on any atom is 0.328 e. The average Bonchev–Trinajstić information content (AvgIpc) is 2.46. The monoisotopic (exact) mass is 282 g/mol. The number of aromatic nitrogens is 1. The summed E-state index contributed by atoms with van der Waals surface area (Å²) in [7, 11) is 0. The molecule has 0 saturated heterocycles. The Kier molecular flexibility index (Phi) is 4.46. The normalized spacial score (nSPS) is 10.5. The van der Waals surface area contributed by atoms with E-state index in [-0.39, 0.29) is 5.91 Å². The second-order valence-corrected chi connectivity index (χ2v) is 4.42. The van der Waals surface area contributed by atoms with Crippen molar-refractivity contribution in [1.82, 2.24) is 4.98 Å². The van der Waals surface area contributed by atoms with Gasteiger partial charge in [-0.25, -0.2) is 4.79 Å². The lowest BCUT2D eigenvalue weighted by Crippen LogP contribution is -2.15. The maximum absolute atomic E-state index is 12.1. The van der Waals surface area contributed by atoms with Crippen LogP contribution in [0, 0.1) is 6.92 Å². The third-order valence-electron chi connectivity index (χ3n) is 2.79. The topological polar surface area (TPSA) is 79.3 Å². The first-order chi connectivity index (χ1) is 10.1. The number of pyridine rings is 1. The third kappa shape index (κ3) is 4.01. The summed E-state index contributed by atoms with van der Waals surface area (Å²) in [6, 6.07) is 10.5. The van der Waals surface area contributed by atoms with Gasteiger partial charge in [-0.2, -0.15) is 0 Å². The molecule has 0 unspecified atom stereocenters. The number of nitrogens with one attached hydrogen (secondary N) is 1. The molecule has 1 heterocycles. The number of hydrogen-bond acceptors (Lipinski definition) is 3. The molecule has 106 valence electrons. The van der Waals surface area contributed by atoms with Crippen molar-refractivity contribution in [3.8, 4) is 0 Å². The molecule has 0 radical (unpaired) electrons. The molecule has 2 N–H and O–H groups in total. The molecule has 0 fully saturated rings. The summed E-state index contributed by atoms with van der Waals surface area (Å²) in [5.74, 6) is -1.32. The molecule has 0 spiro atoms. The fraction of sp³-hybridized carbons (Fsp3) is 0.0625. The first kappa shape index (κ1) is 14.5. The van der Waals surface area contributed by atoms with Gasteiger partial charge in [-0.1, -0.05) is 18.2 Å². The second kappa shape index (κ2) is 6.47. The van der Waals surface area contributed by atoms with Gasteiger partial charge < -0.3 is 10.4 Å². The van der Waals surface area contributed by atoms with Gasteiger partial charge in [-0.15, -0.1) is 0 Å². The summed E-state index contributed by atoms with van der Waals surface area (Å²) in [5.41, 5.74) is 2.42. The summed E-state index contributed by atoms with van der Waals surface area (Å²) in [4.78, 5) is 26.7. The van der Waals surface area contributed by atoms with E-state index in [2.05, 4.69) is 10.3 Å². The Morgan fingerprint density at radius 2 is 2.05 bits per heavy atom. The van der Waals surface area contributed by atoms with Crippen LogP contribution >= 0.6 is 0 Å². The number of carbonyl (C=O) groups excluding carboxylic acids is 1. The molecule has 0 atom stereocenters. The zero-order valence-corrected chi connectivity index (χ0v) is 11.4. The molecule has 21 heavy (non-hydrogen) atoms. The molecular weight excluding hydrogens is 268 g/mol. The minimum Gasteiger partial charge on any atom is -0.478 e. The molecule has 2 aromatic rings. The molecule has 2 rings (SSSR count). The quantitative estimate of drug-likeness (QED) is 0.845. The van der Waals surface area contributed by atoms with E-state index in [0.29, 0.717) is 16.9 Å². The molecule has 0 saturated carbocycles. The van der Waals surface area contributed by atoms with Gasteiger partial charge >= 0.3 is 5.97 Å². The van der Waals surface area contributed by atoms with Crippen LogP contribution in [0.5, 0.6) is 0 Å². The molecular formula is C16H14N2O3. The summed E-state index contributed by atoms with van der Waals surface area (Å²) in [6.07, 6.45) is 4.07. The molecule has 1 amide bonds. The smallest absolute Gasteiger partial charge is 0.328 e. The van der Waals surface area contributed by atoms with Crippen molar-refractivity contribution in [1.29, 1.82) is 0 Å². The summed E-state index contributed by atoms with van der Waals surface area (Å²) in [5, 5.41) is 11.3. The zero-order valence-electron chi connectivity index (χ0n) is 11.4. The fourth-order valence-corrected chi connectivity index (χ4v) is 1.80. The minimum atomic E-state index is -1.02. The molecule has 0 aliphatic heterocycles. The van der Waals surface area contributed by atoms with Gasteiger partial charge in [0.2, 0.25) is 0 Å². The van der Waals surface area contributed by atoms with Gasteiger partial charge in [-0.05, 0) is 42.3 Å². The van der Waals surface area contributed by atoms with Crippen molar-refractivity contribution in [2.24, 2.45) is 0 Å². The van der Waals surface area contributed by atoms with E-state index in [1.807, 2.05) is 13.0 Å². The average molecular weight is 282 g/mol. The highest BCUT2D eigenvalue weighted by Crippen LogP contribution is 2.14. The van der Waals surface area contributed by atoms with Crippen LogP contribution in [0.2, 0.25) is 0 Å². The summed E-state index contributed by atoms with van der Waals surface area (Å²) in [6.45, 7) is 1.81. The third-order valence-corrected chi connectivity index (χ3v) is 2.79. The lowest BCUT2D eigenvalue weighted by atomic mass is 10.1. The number of amides is 1. The first-order valence-corrected chi connectivity index (χ1v) is 6.30. The largest absolute Gasteiger partial charge is 0.478 e. The fourth-order valence-electron chi connectivity index (χ4n) is 1.80. The standard InChI is InChI=1S/C16H14N2O3/c1-11-4-3-9-17-15(11)16(21)18-13-6-2-5-12(10-13)7-8-14(19)20/h2-10H,1H3,(H,18,21)(H,19,20). The Hall–Kier alpha value is -2.95. The van der Waals surface area contributed by atoms with Crippen LogP contribution in [0.4, 0.5) is 5.69 Å². The highest BCUT2D eigenvalue weighted by Gasteiger charge is 2.10. The highest BCUT2D eigenvalue weighted by atomic mass is 16.4. The van der Waals surface area contributed by atoms with Crippen molar-refractivity contribution >= 4 is 23.6 Å². The van der Waals surface area contributed by atoms with Crippen LogP contribution in [0.25, 0.3) is 6.08 Å². The Bertz CT molecular complexity index is 708. The van der Waals surface area contributed by atoms with Crippen LogP contribution in [-0.2, 0) is 4.79 Å². The second-order valence-electron chi connectivity index (χ2n) is 4.42. The predicted octanol–water partition coefficient (Wildman–Crippen LogP) is 2.74. The number of aryl methyl sites for hydroxylation is 1. The van der Waals surface area contributed by atoms with E-state index >= 15 is 0 Å². The molecule has 0 aliphatic carbocycles. The van der Waals surface area contributed by atoms with E-state index in [4.69, 9.17) is 5.11 Å². The Labute approximate surface area is 122 Å². The number of anilines is 1. The minimum absolute atomic E-state index is 0.299. The number of carboxylic acids is 1. The molecule has 0 bridgehead atoms. The van der Waals surface area contributed by atoms with Crippen molar-refractivity contribution in [3.05, 3.63) is 65.5 Å². The molecule has 5 nitrogen and oxygen atoms in total. The molecule has 1 aromatic carbocycles. The van der Waals surface area contributed by atoms with E-state index in [9.17, 15) is 9.59 Å². The molecule has 1 aromatic heterocycles. The van der Waals surface area contributed by atoms with E-state index in [1.54, 1.807) is 36.5 Å². The van der Waals surface area contributed by atoms with Crippen molar-refractivity contribution in [2.75, 3.05) is 5.32 Å². The lowest BCUT2D eigenvalue weighted by molar-refractivity contribution is -0.131. The van der Waals surface area contributed by atoms with E-state index < -0.39 is 5.97 Å². The van der Waals surface area contributed by atoms with Crippen LogP contribution in [-0.4, -0.2) is 22.0 Å². The highest BCUT2D eigenvalue weighted by molar-refractivity contribution is 6.03. The zero-order chi connectivity index (χ0) is 15.2. The van der Waals surface area contributed by atoms with Gasteiger partial charge in [0.05, 0.1) is 0 Å². The van der Waals surface area contributed by atoms with Crippen LogP contribution < -0.4 is 5.32 Å². The van der Waals surface area contributed by atoms with Crippen LogP contribution in [0.1, 0.15) is 21.6 Å². The van der Waals surface area contributed by atoms with E-state index in [0.717, 1.165) is 11.6 Å². The number of aliphatic carboxylic acids is 1. The number of rotatable bonds is 4. The number of hydrogen-bond donors (Lipinski definition) is 2. The van der Waals surface area contributed by atoms with Crippen molar-refractivity contribution in [2.45, 2.75) is 6.92 Å². The van der Waals surface area contributed by atoms with Crippen LogP contribution in [0.15, 0.2) is 48.7 Å². The summed E-state index contributed by atoms with van der Waals surface area (Å²) >= 11 is 0. The van der Waals surface area contributed by atoms with Gasteiger partial charge in [0.25, 0.3) is 5.91 Å². The van der Waals surface area contributed by atoms with E-state index in [1.165, 1.54) is 6.08 Å². The van der Waals surface area contributed by atoms with Gasteiger partial charge in [0, 0.05) is 18.0 Å². The predicted molar refractivity (Wildman–Crippen MR) is 80.0 cm³/mol. The van der Waals surface area contributed by atoms with Gasteiger partial charge in [0.1, 0.15) is 5.69 Å². The maximum atomic E-state index is 12.1. The van der Waals surface area contributed by atoms with Crippen LogP contribution in [0.3, 0.4) is 0 Å². The number of nitrogens with zero attached hydrogens (tertiary/aromatic N) is 1. The summed E-state index contributed by atoms with van der Waals surface area (Å²) < 4.78 is 0. The number of benzene rings is 1. The van der Waals surface area contributed by atoms with Gasteiger partial charge in [-0.3, -0.25) is 9.78 Å². The van der Waals surface area contributed by atoms with Gasteiger partial charge in [0.15, 0.2) is 0 Å². The Morgan fingerprint density at radius 1 is 1.24 bits per heavy atom. The van der Waals surface area contributed by atoms with Crippen molar-refractivity contribution < 1.29 is 14.7 Å². The Morgan fingerprint density at radius 3 is 2.76 bits per heavy atom. The molecule has 0 aliphatic rings. The van der Waals surface area contributed by atoms with Crippen molar-refractivity contribution in [3.63, 3.8) is 0 Å². The molecule has 5 heteroatoms.